The molecule has 0 fully saturated rings. The van der Waals surface area contributed by atoms with Gasteiger partial charge >= 0.3 is 0 Å². The van der Waals surface area contributed by atoms with E-state index < -0.39 is 11.8 Å². The molecule has 4 rings (SSSR count). The van der Waals surface area contributed by atoms with Gasteiger partial charge in [-0.2, -0.15) is 0 Å². The number of carbonyl (C=O) groups excluding carboxylic acids is 2. The van der Waals surface area contributed by atoms with E-state index in [0.717, 1.165) is 41.7 Å². The molecular formula is C27H29N3O2S. The van der Waals surface area contributed by atoms with E-state index in [2.05, 4.69) is 35.9 Å². The number of nitrogens with zero attached hydrogens (tertiary/aromatic N) is 2. The van der Waals surface area contributed by atoms with E-state index in [1.165, 1.54) is 4.88 Å². The number of rotatable bonds is 10. The third-order valence-electron chi connectivity index (χ3n) is 6.24. The van der Waals surface area contributed by atoms with E-state index in [9.17, 15) is 9.59 Å². The first-order valence-corrected chi connectivity index (χ1v) is 12.3. The number of thiophene rings is 1. The Kier molecular flexibility index (Phi) is 7.04. The van der Waals surface area contributed by atoms with E-state index >= 15 is 0 Å². The molecule has 0 radical (unpaired) electrons. The highest BCUT2D eigenvalue weighted by molar-refractivity contribution is 7.09. The lowest BCUT2D eigenvalue weighted by Crippen LogP contribution is -2.24. The lowest BCUT2D eigenvalue weighted by Gasteiger charge is -2.19. The third kappa shape index (κ3) is 4.91. The average molecular weight is 460 g/mol. The highest BCUT2D eigenvalue weighted by Gasteiger charge is 2.23. The van der Waals surface area contributed by atoms with E-state index in [1.807, 2.05) is 48.5 Å². The van der Waals surface area contributed by atoms with Crippen molar-refractivity contribution in [3.63, 3.8) is 0 Å². The van der Waals surface area contributed by atoms with Crippen LogP contribution in [-0.4, -0.2) is 21.2 Å². The number of aromatic nitrogens is 2. The Morgan fingerprint density at radius 1 is 1.03 bits per heavy atom. The van der Waals surface area contributed by atoms with Crippen LogP contribution in [0.3, 0.4) is 0 Å². The maximum atomic E-state index is 13.1. The maximum Gasteiger partial charge on any atom is 0.225 e. The summed E-state index contributed by atoms with van der Waals surface area (Å²) in [5.41, 5.74) is 8.81. The summed E-state index contributed by atoms with van der Waals surface area (Å²) >= 11 is 1.73. The molecule has 5 nitrogen and oxygen atoms in total. The van der Waals surface area contributed by atoms with Crippen LogP contribution in [0.2, 0.25) is 0 Å². The van der Waals surface area contributed by atoms with Crippen molar-refractivity contribution in [2.75, 3.05) is 0 Å². The molecule has 4 aromatic rings. The van der Waals surface area contributed by atoms with Gasteiger partial charge in [-0.3, -0.25) is 9.59 Å². The first-order chi connectivity index (χ1) is 16.0. The van der Waals surface area contributed by atoms with E-state index in [0.29, 0.717) is 11.6 Å². The minimum absolute atomic E-state index is 0.0418. The summed E-state index contributed by atoms with van der Waals surface area (Å²) < 4.78 is 2.33. The lowest BCUT2D eigenvalue weighted by molar-refractivity contribution is -0.119. The highest BCUT2D eigenvalue weighted by atomic mass is 32.1. The second kappa shape index (κ2) is 10.1. The number of imidazole rings is 1. The summed E-state index contributed by atoms with van der Waals surface area (Å²) in [7, 11) is 0. The van der Waals surface area contributed by atoms with Crippen LogP contribution in [0, 0.1) is 0 Å². The minimum atomic E-state index is -0.647. The predicted molar refractivity (Wildman–Crippen MR) is 134 cm³/mol. The molecule has 33 heavy (non-hydrogen) atoms. The molecule has 170 valence electrons. The molecule has 0 spiro atoms. The number of primary amides is 1. The standard InChI is InChI=1S/C27H29N3O2S/c1-3-20(4-2)30-24-13-12-19(15-23(24)29-26(30)16-21-11-8-14-33-21)25(31)17-22(27(28)32)18-9-6-5-7-10-18/h5-15,20,22H,3-4,16-17H2,1-2H3,(H2,28,32). The van der Waals surface area contributed by atoms with Crippen LogP contribution in [0.15, 0.2) is 66.0 Å². The van der Waals surface area contributed by atoms with Gasteiger partial charge in [0.1, 0.15) is 5.82 Å². The summed E-state index contributed by atoms with van der Waals surface area (Å²) in [6.07, 6.45) is 2.83. The first-order valence-electron chi connectivity index (χ1n) is 11.4. The second-order valence-corrected chi connectivity index (χ2v) is 9.35. The molecule has 1 unspecified atom stereocenters. The molecule has 2 aromatic carbocycles. The smallest absolute Gasteiger partial charge is 0.225 e. The Morgan fingerprint density at radius 2 is 1.79 bits per heavy atom. The van der Waals surface area contributed by atoms with Crippen LogP contribution in [-0.2, 0) is 11.2 Å². The van der Waals surface area contributed by atoms with Gasteiger partial charge in [-0.15, -0.1) is 11.3 Å². The number of hydrogen-bond donors (Lipinski definition) is 1. The van der Waals surface area contributed by atoms with Gasteiger partial charge in [-0.25, -0.2) is 4.98 Å². The number of ketones is 1. The van der Waals surface area contributed by atoms with Crippen molar-refractivity contribution in [3.8, 4) is 0 Å². The molecule has 0 aliphatic rings. The third-order valence-corrected chi connectivity index (χ3v) is 7.12. The number of hydrogen-bond acceptors (Lipinski definition) is 4. The van der Waals surface area contributed by atoms with E-state index in [4.69, 9.17) is 10.7 Å². The number of fused-ring (bicyclic) bond motifs is 1. The van der Waals surface area contributed by atoms with Gasteiger partial charge in [0.25, 0.3) is 0 Å². The molecule has 0 saturated carbocycles. The predicted octanol–water partition coefficient (Wildman–Crippen LogP) is 5.89. The average Bonchev–Trinajstić information content (AvgIpc) is 3.46. The Morgan fingerprint density at radius 3 is 2.42 bits per heavy atom. The van der Waals surface area contributed by atoms with Crippen LogP contribution in [0.25, 0.3) is 11.0 Å². The fourth-order valence-electron chi connectivity index (χ4n) is 4.45. The molecular weight excluding hydrogens is 430 g/mol. The second-order valence-electron chi connectivity index (χ2n) is 8.32. The fraction of sp³-hybridized carbons (Fsp3) is 0.296. The van der Waals surface area contributed by atoms with E-state index in [-0.39, 0.29) is 12.2 Å². The van der Waals surface area contributed by atoms with Crippen LogP contribution in [0.4, 0.5) is 0 Å². The number of carbonyl (C=O) groups is 2. The Balaban J connectivity index is 1.68. The molecule has 1 atom stereocenters. The zero-order valence-electron chi connectivity index (χ0n) is 19.0. The summed E-state index contributed by atoms with van der Waals surface area (Å²) in [5, 5.41) is 2.08. The molecule has 0 aliphatic carbocycles. The molecule has 1 amide bonds. The van der Waals surface area contributed by atoms with Gasteiger partial charge in [0.15, 0.2) is 5.78 Å². The van der Waals surface area contributed by atoms with Gasteiger partial charge in [0.2, 0.25) is 5.91 Å². The molecule has 2 N–H and O–H groups in total. The Labute approximate surface area is 198 Å². The molecule has 2 heterocycles. The SMILES string of the molecule is CCC(CC)n1c(Cc2cccs2)nc2cc(C(=O)CC(C(N)=O)c3ccccc3)ccc21. The quantitative estimate of drug-likeness (QED) is 0.300. The van der Waals surface area contributed by atoms with Gasteiger partial charge in [0, 0.05) is 29.3 Å². The van der Waals surface area contributed by atoms with Crippen LogP contribution >= 0.6 is 11.3 Å². The molecule has 0 saturated heterocycles. The van der Waals surface area contributed by atoms with Gasteiger partial charge in [0.05, 0.1) is 17.0 Å². The number of benzene rings is 2. The van der Waals surface area contributed by atoms with Crippen molar-refractivity contribution in [1.82, 2.24) is 9.55 Å². The molecule has 2 aromatic heterocycles. The Bertz CT molecular complexity index is 1240. The van der Waals surface area contributed by atoms with Crippen molar-refractivity contribution >= 4 is 34.1 Å². The van der Waals surface area contributed by atoms with Gasteiger partial charge in [-0.05, 0) is 48.1 Å². The van der Waals surface area contributed by atoms with E-state index in [1.54, 1.807) is 11.3 Å². The normalized spacial score (nSPS) is 12.3. The summed E-state index contributed by atoms with van der Waals surface area (Å²) in [6, 6.07) is 19.5. The van der Waals surface area contributed by atoms with Crippen LogP contribution in [0.1, 0.15) is 71.7 Å². The highest BCUT2D eigenvalue weighted by Crippen LogP contribution is 2.29. The molecule has 6 heteroatoms. The van der Waals surface area contributed by atoms with Crippen molar-refractivity contribution in [2.24, 2.45) is 5.73 Å². The minimum Gasteiger partial charge on any atom is -0.369 e. The number of nitrogens with two attached hydrogens (primary N) is 1. The van der Waals surface area contributed by atoms with Crippen LogP contribution in [0.5, 0.6) is 0 Å². The van der Waals surface area contributed by atoms with Crippen molar-refractivity contribution in [2.45, 2.75) is 51.5 Å². The Hall–Kier alpha value is -3.25. The summed E-state index contributed by atoms with van der Waals surface area (Å²) in [6.45, 7) is 4.39. The number of Topliss-reactive ketones (excluding diaryl/α,β-unsaturated/α-hetero) is 1. The van der Waals surface area contributed by atoms with Gasteiger partial charge in [-0.1, -0.05) is 50.2 Å². The topological polar surface area (TPSA) is 78.0 Å². The lowest BCUT2D eigenvalue weighted by atomic mass is 9.91. The van der Waals surface area contributed by atoms with Crippen LogP contribution < -0.4 is 5.73 Å². The zero-order chi connectivity index (χ0) is 23.4. The largest absolute Gasteiger partial charge is 0.369 e. The van der Waals surface area contributed by atoms with Crippen molar-refractivity contribution in [3.05, 3.63) is 87.9 Å². The van der Waals surface area contributed by atoms with Crippen molar-refractivity contribution < 1.29 is 9.59 Å². The first kappa shape index (κ1) is 22.9. The van der Waals surface area contributed by atoms with Gasteiger partial charge < -0.3 is 10.3 Å². The fourth-order valence-corrected chi connectivity index (χ4v) is 5.15. The monoisotopic (exact) mass is 459 g/mol. The summed E-state index contributed by atoms with van der Waals surface area (Å²) in [5.74, 6) is -0.232. The maximum absolute atomic E-state index is 13.1. The zero-order valence-corrected chi connectivity index (χ0v) is 19.8. The molecule has 0 bridgehead atoms. The summed E-state index contributed by atoms with van der Waals surface area (Å²) in [4.78, 5) is 31.4. The molecule has 0 aliphatic heterocycles. The number of amides is 1. The van der Waals surface area contributed by atoms with Crippen molar-refractivity contribution in [1.29, 1.82) is 0 Å².